The maximum atomic E-state index is 13.1. The van der Waals surface area contributed by atoms with Gasteiger partial charge in [-0.15, -0.1) is 0 Å². The van der Waals surface area contributed by atoms with Gasteiger partial charge in [0.1, 0.15) is 12.3 Å². The van der Waals surface area contributed by atoms with Gasteiger partial charge in [-0.25, -0.2) is 8.42 Å². The van der Waals surface area contributed by atoms with E-state index in [2.05, 4.69) is 0 Å². The first-order chi connectivity index (χ1) is 11.7. The summed E-state index contributed by atoms with van der Waals surface area (Å²) in [5.74, 6) is -4.60. The highest BCUT2D eigenvalue weighted by molar-refractivity contribution is 7.89. The summed E-state index contributed by atoms with van der Waals surface area (Å²) in [6.45, 7) is 0. The van der Waals surface area contributed by atoms with Gasteiger partial charge in [-0.05, 0) is 18.2 Å². The number of benzene rings is 1. The van der Waals surface area contributed by atoms with Crippen LogP contribution in [0.3, 0.4) is 0 Å². The van der Waals surface area contributed by atoms with E-state index < -0.39 is 57.2 Å². The zero-order valence-corrected chi connectivity index (χ0v) is 13.3. The largest absolute Gasteiger partial charge is 0.481 e. The minimum atomic E-state index is -5.42. The Labute approximate surface area is 142 Å². The Balaban J connectivity index is 3.33. The monoisotopic (exact) mass is 407 g/mol. The van der Waals surface area contributed by atoms with Crippen molar-refractivity contribution in [3.05, 3.63) is 29.8 Å². The molecule has 6 nitrogen and oxygen atoms in total. The summed E-state index contributed by atoms with van der Waals surface area (Å²) in [7, 11) is -5.17. The Morgan fingerprint density at radius 1 is 1.19 bits per heavy atom. The summed E-state index contributed by atoms with van der Waals surface area (Å²) < 4.78 is 102. The minimum absolute atomic E-state index is 0.102. The molecule has 0 amide bonds. The van der Waals surface area contributed by atoms with E-state index in [0.29, 0.717) is 18.2 Å². The quantitative estimate of drug-likeness (QED) is 0.533. The van der Waals surface area contributed by atoms with Gasteiger partial charge in [0, 0.05) is 6.42 Å². The first-order valence-electron chi connectivity index (χ1n) is 6.63. The Hall–Kier alpha value is -2.15. The van der Waals surface area contributed by atoms with E-state index in [1.54, 1.807) is 0 Å². The zero-order chi connectivity index (χ0) is 20.3. The number of alkyl halides is 6. The molecule has 2 N–H and O–H groups in total. The summed E-state index contributed by atoms with van der Waals surface area (Å²) >= 11 is 0. The van der Waals surface area contributed by atoms with E-state index in [9.17, 15) is 44.3 Å². The molecule has 0 aliphatic rings. The van der Waals surface area contributed by atoms with Crippen LogP contribution in [0.25, 0.3) is 0 Å². The first kappa shape index (κ1) is 21.9. The van der Waals surface area contributed by atoms with E-state index >= 15 is 0 Å². The average Bonchev–Trinajstić information content (AvgIpc) is 2.48. The van der Waals surface area contributed by atoms with Crippen LogP contribution in [-0.4, -0.2) is 38.0 Å². The molecule has 0 radical (unpaired) electrons. The third kappa shape index (κ3) is 5.42. The fourth-order valence-electron chi connectivity index (χ4n) is 1.93. The average molecular weight is 407 g/mol. The number of sulfonamides is 1. The third-order valence-corrected chi connectivity index (χ3v) is 4.61. The Morgan fingerprint density at radius 3 is 2.19 bits per heavy atom. The van der Waals surface area contributed by atoms with Gasteiger partial charge in [-0.2, -0.15) is 31.1 Å². The van der Waals surface area contributed by atoms with Crippen LogP contribution >= 0.6 is 0 Å². The molecule has 146 valence electrons. The van der Waals surface area contributed by atoms with Crippen molar-refractivity contribution < 1.29 is 49.5 Å². The number of halogens is 6. The Kier molecular flexibility index (Phi) is 6.41. The van der Waals surface area contributed by atoms with E-state index in [1.165, 1.54) is 0 Å². The lowest BCUT2D eigenvalue weighted by Crippen LogP contribution is -2.52. The highest BCUT2D eigenvalue weighted by atomic mass is 32.2. The lowest BCUT2D eigenvalue weighted by Gasteiger charge is -2.26. The van der Waals surface area contributed by atoms with Crippen LogP contribution in [0.2, 0.25) is 0 Å². The van der Waals surface area contributed by atoms with E-state index in [-0.39, 0.29) is 12.4 Å². The minimum Gasteiger partial charge on any atom is -0.481 e. The molecule has 0 fully saturated rings. The predicted octanol–water partition coefficient (Wildman–Crippen LogP) is 2.20. The van der Waals surface area contributed by atoms with Gasteiger partial charge in [0.25, 0.3) is 0 Å². The number of rotatable bonds is 7. The SMILES string of the molecule is O=CCC(C(=O)O)C(NS(=O)(=O)c1cccc(C(F)(F)F)c1)C(F)(F)F. The number of aliphatic carboxylic acids is 1. The van der Waals surface area contributed by atoms with Gasteiger partial charge < -0.3 is 9.90 Å². The molecule has 0 bridgehead atoms. The smallest absolute Gasteiger partial charge is 0.416 e. The number of carbonyl (C=O) groups excluding carboxylic acids is 1. The molecule has 1 aromatic rings. The lowest BCUT2D eigenvalue weighted by atomic mass is 9.97. The van der Waals surface area contributed by atoms with E-state index in [4.69, 9.17) is 5.11 Å². The number of hydrogen-bond acceptors (Lipinski definition) is 4. The second kappa shape index (κ2) is 7.61. The van der Waals surface area contributed by atoms with Crippen molar-refractivity contribution in [2.75, 3.05) is 0 Å². The van der Waals surface area contributed by atoms with Gasteiger partial charge in [0.15, 0.2) is 0 Å². The molecule has 13 heteroatoms. The van der Waals surface area contributed by atoms with Crippen molar-refractivity contribution >= 4 is 22.3 Å². The molecule has 1 aromatic carbocycles. The number of nitrogens with one attached hydrogen (secondary N) is 1. The Morgan fingerprint density at radius 2 is 1.77 bits per heavy atom. The predicted molar refractivity (Wildman–Crippen MR) is 73.4 cm³/mol. The highest BCUT2D eigenvalue weighted by Gasteiger charge is 2.49. The number of carboxylic acid groups (broad SMARTS) is 1. The number of carboxylic acids is 1. The van der Waals surface area contributed by atoms with Crippen molar-refractivity contribution in [1.29, 1.82) is 0 Å². The van der Waals surface area contributed by atoms with Crippen molar-refractivity contribution in [3.8, 4) is 0 Å². The second-order valence-corrected chi connectivity index (χ2v) is 6.73. The summed E-state index contributed by atoms with van der Waals surface area (Å²) in [4.78, 5) is 20.2. The standard InChI is InChI=1S/C13H11F6NO5S/c14-12(15,16)7-2-1-3-8(6-7)26(24,25)20-10(13(17,18)19)9(4-5-21)11(22)23/h1-3,5-6,9-10,20H,4H2,(H,22,23). The summed E-state index contributed by atoms with van der Waals surface area (Å²) in [6.07, 6.45) is -11.7. The van der Waals surface area contributed by atoms with Crippen LogP contribution in [0.4, 0.5) is 26.3 Å². The van der Waals surface area contributed by atoms with Crippen LogP contribution in [-0.2, 0) is 25.8 Å². The number of aldehydes is 1. The van der Waals surface area contributed by atoms with Crippen molar-refractivity contribution in [3.63, 3.8) is 0 Å². The van der Waals surface area contributed by atoms with Gasteiger partial charge in [-0.1, -0.05) is 6.07 Å². The van der Waals surface area contributed by atoms with Crippen LogP contribution in [0.15, 0.2) is 29.2 Å². The molecule has 26 heavy (non-hydrogen) atoms. The van der Waals surface area contributed by atoms with E-state index in [0.717, 1.165) is 4.72 Å². The number of carbonyl (C=O) groups is 2. The van der Waals surface area contributed by atoms with Crippen molar-refractivity contribution in [2.45, 2.75) is 29.7 Å². The summed E-state index contributed by atoms with van der Waals surface area (Å²) in [6, 6.07) is -1.33. The molecule has 0 aliphatic heterocycles. The normalized spacial score (nSPS) is 15.3. The molecule has 0 saturated heterocycles. The second-order valence-electron chi connectivity index (χ2n) is 5.01. The zero-order valence-electron chi connectivity index (χ0n) is 12.5. The highest BCUT2D eigenvalue weighted by Crippen LogP contribution is 2.32. The molecule has 2 atom stereocenters. The Bertz CT molecular complexity index is 774. The fraction of sp³-hybridized carbons (Fsp3) is 0.385. The fourth-order valence-corrected chi connectivity index (χ4v) is 3.24. The van der Waals surface area contributed by atoms with Crippen molar-refractivity contribution in [1.82, 2.24) is 4.72 Å². The third-order valence-electron chi connectivity index (χ3n) is 3.18. The molecule has 0 aromatic heterocycles. The van der Waals surface area contributed by atoms with Crippen LogP contribution in [0.5, 0.6) is 0 Å². The molecule has 0 heterocycles. The topological polar surface area (TPSA) is 101 Å². The van der Waals surface area contributed by atoms with Gasteiger partial charge in [-0.3, -0.25) is 4.79 Å². The van der Waals surface area contributed by atoms with Gasteiger partial charge in [0.05, 0.1) is 16.4 Å². The molecular weight excluding hydrogens is 396 g/mol. The van der Waals surface area contributed by atoms with E-state index in [1.807, 2.05) is 0 Å². The maximum absolute atomic E-state index is 13.1. The first-order valence-corrected chi connectivity index (χ1v) is 8.11. The van der Waals surface area contributed by atoms with Crippen molar-refractivity contribution in [2.24, 2.45) is 5.92 Å². The van der Waals surface area contributed by atoms with Crippen LogP contribution in [0, 0.1) is 5.92 Å². The van der Waals surface area contributed by atoms with Gasteiger partial charge in [0.2, 0.25) is 10.0 Å². The van der Waals surface area contributed by atoms with Crippen LogP contribution in [0.1, 0.15) is 12.0 Å². The lowest BCUT2D eigenvalue weighted by molar-refractivity contribution is -0.176. The molecule has 1 rings (SSSR count). The molecule has 2 unspecified atom stereocenters. The summed E-state index contributed by atoms with van der Waals surface area (Å²) in [5, 5.41) is 8.81. The molecule has 0 spiro atoms. The number of hydrogen-bond donors (Lipinski definition) is 2. The van der Waals surface area contributed by atoms with Gasteiger partial charge >= 0.3 is 18.3 Å². The maximum Gasteiger partial charge on any atom is 0.416 e. The molecule has 0 saturated carbocycles. The van der Waals surface area contributed by atoms with Crippen LogP contribution < -0.4 is 4.72 Å². The summed E-state index contributed by atoms with van der Waals surface area (Å²) in [5.41, 5.74) is -1.42. The molecular formula is C13H11F6NO5S. The molecule has 0 aliphatic carbocycles.